The van der Waals surface area contributed by atoms with Crippen LogP contribution in [-0.4, -0.2) is 39.6 Å². The number of nitrogens with zero attached hydrogens (tertiary/aromatic N) is 3. The normalized spacial score (nSPS) is 16.3. The standard InChI is InChI=1S/C16H19N3OS/c20-15(7-11-21)19-9-5-12(6-10-19)14-4-3-13-2-1-8-17-16(13)18-14/h1-4,8,12,21H,5-7,9-11H2. The Labute approximate surface area is 130 Å². The number of fused-ring (bicyclic) bond motifs is 1. The molecule has 1 saturated heterocycles. The smallest absolute Gasteiger partial charge is 0.223 e. The van der Waals surface area contributed by atoms with Crippen LogP contribution in [0.25, 0.3) is 11.0 Å². The molecule has 0 N–H and O–H groups in total. The zero-order chi connectivity index (χ0) is 14.7. The van der Waals surface area contributed by atoms with E-state index < -0.39 is 0 Å². The first kappa shape index (κ1) is 14.3. The van der Waals surface area contributed by atoms with Gasteiger partial charge in [0.1, 0.15) is 0 Å². The Morgan fingerprint density at radius 2 is 2.10 bits per heavy atom. The van der Waals surface area contributed by atoms with E-state index in [0.29, 0.717) is 18.1 Å². The van der Waals surface area contributed by atoms with Crippen LogP contribution in [0.1, 0.15) is 30.9 Å². The molecule has 0 unspecified atom stereocenters. The molecule has 3 rings (SSSR count). The zero-order valence-electron chi connectivity index (χ0n) is 11.9. The van der Waals surface area contributed by atoms with E-state index in [4.69, 9.17) is 0 Å². The van der Waals surface area contributed by atoms with Crippen LogP contribution in [-0.2, 0) is 4.79 Å². The summed E-state index contributed by atoms with van der Waals surface area (Å²) >= 11 is 4.12. The van der Waals surface area contributed by atoms with Gasteiger partial charge in [-0.05, 0) is 42.9 Å². The Morgan fingerprint density at radius 1 is 1.29 bits per heavy atom. The molecule has 5 heteroatoms. The van der Waals surface area contributed by atoms with Crippen molar-refractivity contribution in [3.8, 4) is 0 Å². The third kappa shape index (κ3) is 3.18. The second-order valence-electron chi connectivity index (χ2n) is 5.41. The summed E-state index contributed by atoms with van der Waals surface area (Å²) in [5, 5.41) is 1.07. The van der Waals surface area contributed by atoms with Gasteiger partial charge in [-0.2, -0.15) is 12.6 Å². The van der Waals surface area contributed by atoms with Crippen molar-refractivity contribution >= 4 is 29.6 Å². The molecule has 0 atom stereocenters. The zero-order valence-corrected chi connectivity index (χ0v) is 12.8. The van der Waals surface area contributed by atoms with Gasteiger partial charge < -0.3 is 4.90 Å². The maximum Gasteiger partial charge on any atom is 0.223 e. The molecule has 0 radical (unpaired) electrons. The van der Waals surface area contributed by atoms with Gasteiger partial charge in [-0.25, -0.2) is 9.97 Å². The van der Waals surface area contributed by atoms with E-state index in [2.05, 4.69) is 34.7 Å². The Morgan fingerprint density at radius 3 is 2.86 bits per heavy atom. The van der Waals surface area contributed by atoms with Crippen molar-refractivity contribution in [2.75, 3.05) is 18.8 Å². The second-order valence-corrected chi connectivity index (χ2v) is 5.86. The van der Waals surface area contributed by atoms with Crippen LogP contribution in [0.2, 0.25) is 0 Å². The van der Waals surface area contributed by atoms with Crippen LogP contribution in [0.15, 0.2) is 30.5 Å². The second kappa shape index (κ2) is 6.43. The number of likely N-dealkylation sites (tertiary alicyclic amines) is 1. The van der Waals surface area contributed by atoms with E-state index in [0.717, 1.165) is 42.7 Å². The molecule has 0 aliphatic carbocycles. The molecular weight excluding hydrogens is 282 g/mol. The molecule has 3 heterocycles. The van der Waals surface area contributed by atoms with Crippen molar-refractivity contribution in [2.24, 2.45) is 0 Å². The third-order valence-corrected chi connectivity index (χ3v) is 4.30. The van der Waals surface area contributed by atoms with E-state index in [1.54, 1.807) is 6.20 Å². The molecule has 1 fully saturated rings. The average molecular weight is 301 g/mol. The van der Waals surface area contributed by atoms with Crippen molar-refractivity contribution in [1.82, 2.24) is 14.9 Å². The number of piperidine rings is 1. The van der Waals surface area contributed by atoms with Gasteiger partial charge in [-0.1, -0.05) is 0 Å². The van der Waals surface area contributed by atoms with E-state index in [9.17, 15) is 4.79 Å². The predicted molar refractivity (Wildman–Crippen MR) is 86.6 cm³/mol. The summed E-state index contributed by atoms with van der Waals surface area (Å²) in [6.45, 7) is 1.64. The molecule has 2 aromatic rings. The lowest BCUT2D eigenvalue weighted by Crippen LogP contribution is -2.38. The van der Waals surface area contributed by atoms with E-state index in [1.807, 2.05) is 17.0 Å². The topological polar surface area (TPSA) is 46.1 Å². The molecule has 2 aromatic heterocycles. The van der Waals surface area contributed by atoms with Crippen LogP contribution in [0, 0.1) is 0 Å². The number of thiol groups is 1. The van der Waals surface area contributed by atoms with Crippen LogP contribution in [0.3, 0.4) is 0 Å². The van der Waals surface area contributed by atoms with Gasteiger partial charge in [-0.15, -0.1) is 0 Å². The largest absolute Gasteiger partial charge is 0.343 e. The van der Waals surface area contributed by atoms with Crippen molar-refractivity contribution in [1.29, 1.82) is 0 Å². The summed E-state index contributed by atoms with van der Waals surface area (Å²) in [5.41, 5.74) is 1.91. The maximum absolute atomic E-state index is 11.9. The first-order valence-corrected chi connectivity index (χ1v) is 8.01. The summed E-state index contributed by atoms with van der Waals surface area (Å²) in [7, 11) is 0. The highest BCUT2D eigenvalue weighted by molar-refractivity contribution is 7.80. The maximum atomic E-state index is 11.9. The molecular formula is C16H19N3OS. The molecule has 1 aliphatic rings. The first-order valence-electron chi connectivity index (χ1n) is 7.38. The minimum Gasteiger partial charge on any atom is -0.343 e. The Kier molecular flexibility index (Phi) is 4.39. The number of amides is 1. The molecule has 0 bridgehead atoms. The fourth-order valence-corrected chi connectivity index (χ4v) is 3.06. The fourth-order valence-electron chi connectivity index (χ4n) is 2.87. The summed E-state index contributed by atoms with van der Waals surface area (Å²) < 4.78 is 0. The summed E-state index contributed by atoms with van der Waals surface area (Å²) in [6.07, 6.45) is 4.26. The monoisotopic (exact) mass is 301 g/mol. The van der Waals surface area contributed by atoms with Gasteiger partial charge in [-0.3, -0.25) is 4.79 Å². The highest BCUT2D eigenvalue weighted by atomic mass is 32.1. The van der Waals surface area contributed by atoms with Crippen LogP contribution < -0.4 is 0 Å². The lowest BCUT2D eigenvalue weighted by molar-refractivity contribution is -0.131. The number of pyridine rings is 2. The first-order chi connectivity index (χ1) is 10.3. The number of rotatable bonds is 3. The molecule has 21 heavy (non-hydrogen) atoms. The number of hydrogen-bond acceptors (Lipinski definition) is 4. The summed E-state index contributed by atoms with van der Waals surface area (Å²) in [6, 6.07) is 8.13. The molecule has 1 aliphatic heterocycles. The van der Waals surface area contributed by atoms with E-state index >= 15 is 0 Å². The molecule has 110 valence electrons. The van der Waals surface area contributed by atoms with Gasteiger partial charge in [0.2, 0.25) is 5.91 Å². The molecule has 0 saturated carbocycles. The quantitative estimate of drug-likeness (QED) is 0.887. The van der Waals surface area contributed by atoms with Crippen LogP contribution in [0.4, 0.5) is 0 Å². The lowest BCUT2D eigenvalue weighted by Gasteiger charge is -2.31. The van der Waals surface area contributed by atoms with Crippen molar-refractivity contribution in [3.05, 3.63) is 36.2 Å². The lowest BCUT2D eigenvalue weighted by atomic mass is 9.92. The van der Waals surface area contributed by atoms with Gasteiger partial charge in [0, 0.05) is 42.7 Å². The van der Waals surface area contributed by atoms with Crippen molar-refractivity contribution in [2.45, 2.75) is 25.2 Å². The number of aromatic nitrogens is 2. The van der Waals surface area contributed by atoms with Crippen LogP contribution >= 0.6 is 12.6 Å². The van der Waals surface area contributed by atoms with E-state index in [1.165, 1.54) is 0 Å². The van der Waals surface area contributed by atoms with E-state index in [-0.39, 0.29) is 5.91 Å². The number of hydrogen-bond donors (Lipinski definition) is 1. The molecule has 1 amide bonds. The minimum atomic E-state index is 0.219. The Balaban J connectivity index is 1.69. The molecule has 0 aromatic carbocycles. The Bertz CT molecular complexity index is 638. The molecule has 4 nitrogen and oxygen atoms in total. The highest BCUT2D eigenvalue weighted by Gasteiger charge is 2.24. The molecule has 0 spiro atoms. The van der Waals surface area contributed by atoms with Crippen molar-refractivity contribution in [3.63, 3.8) is 0 Å². The predicted octanol–water partition coefficient (Wildman–Crippen LogP) is 2.66. The summed E-state index contributed by atoms with van der Waals surface area (Å²) in [4.78, 5) is 22.8. The minimum absolute atomic E-state index is 0.219. The third-order valence-electron chi connectivity index (χ3n) is 4.08. The van der Waals surface area contributed by atoms with Gasteiger partial charge in [0.15, 0.2) is 5.65 Å². The number of carbonyl (C=O) groups is 1. The van der Waals surface area contributed by atoms with Crippen LogP contribution in [0.5, 0.6) is 0 Å². The average Bonchev–Trinajstić information content (AvgIpc) is 2.55. The van der Waals surface area contributed by atoms with Gasteiger partial charge in [0.05, 0.1) is 0 Å². The SMILES string of the molecule is O=C(CCS)N1CCC(c2ccc3cccnc3n2)CC1. The Hall–Kier alpha value is -1.62. The van der Waals surface area contributed by atoms with Crippen molar-refractivity contribution < 1.29 is 4.79 Å². The highest BCUT2D eigenvalue weighted by Crippen LogP contribution is 2.28. The van der Waals surface area contributed by atoms with Gasteiger partial charge in [0.25, 0.3) is 0 Å². The fraction of sp³-hybridized carbons (Fsp3) is 0.438. The number of carbonyl (C=O) groups excluding carboxylic acids is 1. The van der Waals surface area contributed by atoms with Gasteiger partial charge >= 0.3 is 0 Å². The summed E-state index contributed by atoms with van der Waals surface area (Å²) in [5.74, 6) is 1.27.